The van der Waals surface area contributed by atoms with E-state index in [0.29, 0.717) is 24.3 Å². The number of piperazine rings is 1. The van der Waals surface area contributed by atoms with Gasteiger partial charge in [-0.1, -0.05) is 12.1 Å². The number of aryl methyl sites for hydroxylation is 2. The van der Waals surface area contributed by atoms with Gasteiger partial charge in [-0.3, -0.25) is 13.9 Å². The van der Waals surface area contributed by atoms with Crippen molar-refractivity contribution in [2.75, 3.05) is 29.4 Å². The largest absolute Gasteiger partial charge is 0.347 e. The van der Waals surface area contributed by atoms with Crippen molar-refractivity contribution < 1.29 is 4.79 Å². The van der Waals surface area contributed by atoms with E-state index < -0.39 is 0 Å². The number of anilines is 2. The second kappa shape index (κ2) is 6.34. The lowest BCUT2D eigenvalue weighted by atomic mass is 10.1. The Labute approximate surface area is 167 Å². The predicted molar refractivity (Wildman–Crippen MR) is 110 cm³/mol. The average Bonchev–Trinajstić information content (AvgIpc) is 3.31. The molecule has 0 aliphatic carbocycles. The van der Waals surface area contributed by atoms with E-state index >= 15 is 0 Å². The molecule has 0 N–H and O–H groups in total. The number of amides is 1. The number of fused-ring (bicyclic) bond motifs is 3. The quantitative estimate of drug-likeness (QED) is 0.529. The fourth-order valence-electron chi connectivity index (χ4n) is 3.99. The minimum Gasteiger partial charge on any atom is -0.347 e. The molecule has 0 radical (unpaired) electrons. The van der Waals surface area contributed by atoms with Crippen LogP contribution in [0.5, 0.6) is 0 Å². The number of para-hydroxylation sites is 2. The lowest BCUT2D eigenvalue weighted by Gasteiger charge is -2.35. The molecule has 0 bridgehead atoms. The Morgan fingerprint density at radius 2 is 2.03 bits per heavy atom. The summed E-state index contributed by atoms with van der Waals surface area (Å²) in [5.41, 5.74) is 4.61. The lowest BCUT2D eigenvalue weighted by Crippen LogP contribution is -2.51. The van der Waals surface area contributed by atoms with Crippen molar-refractivity contribution in [1.82, 2.24) is 19.2 Å². The van der Waals surface area contributed by atoms with E-state index in [1.165, 1.54) is 0 Å². The number of carbonyl (C=O) groups is 1. The molecule has 4 heterocycles. The monoisotopic (exact) mass is 385 g/mol. The van der Waals surface area contributed by atoms with Crippen molar-refractivity contribution in [2.24, 2.45) is 7.05 Å². The van der Waals surface area contributed by atoms with E-state index in [0.717, 1.165) is 28.1 Å². The molecule has 1 aromatic carbocycles. The first-order chi connectivity index (χ1) is 14.1. The van der Waals surface area contributed by atoms with E-state index in [-0.39, 0.29) is 12.5 Å². The van der Waals surface area contributed by atoms with Crippen molar-refractivity contribution in [3.8, 4) is 6.07 Å². The molecule has 5 rings (SSSR count). The highest BCUT2D eigenvalue weighted by Crippen LogP contribution is 2.30. The maximum absolute atomic E-state index is 12.9. The molecule has 8 heteroatoms. The third kappa shape index (κ3) is 2.63. The molecule has 1 aliphatic heterocycles. The zero-order valence-corrected chi connectivity index (χ0v) is 16.2. The van der Waals surface area contributed by atoms with Crippen LogP contribution in [0, 0.1) is 18.3 Å². The van der Waals surface area contributed by atoms with E-state index in [1.807, 2.05) is 54.9 Å². The van der Waals surface area contributed by atoms with E-state index in [2.05, 4.69) is 16.1 Å². The number of pyridine rings is 1. The second-order valence-electron chi connectivity index (χ2n) is 7.27. The van der Waals surface area contributed by atoms with Gasteiger partial charge in [-0.15, -0.1) is 0 Å². The highest BCUT2D eigenvalue weighted by molar-refractivity contribution is 5.97. The number of hydrogen-bond acceptors (Lipinski definition) is 5. The van der Waals surface area contributed by atoms with Crippen molar-refractivity contribution in [3.05, 3.63) is 53.9 Å². The molecule has 0 saturated carbocycles. The van der Waals surface area contributed by atoms with Crippen LogP contribution in [0.4, 0.5) is 11.5 Å². The molecule has 0 unspecified atom stereocenters. The number of rotatable bonds is 2. The highest BCUT2D eigenvalue weighted by Gasteiger charge is 2.28. The molecule has 4 aromatic rings. The highest BCUT2D eigenvalue weighted by atomic mass is 16.2. The zero-order valence-electron chi connectivity index (χ0n) is 16.2. The maximum Gasteiger partial charge on any atom is 0.246 e. The summed E-state index contributed by atoms with van der Waals surface area (Å²) in [6.45, 7) is 3.40. The van der Waals surface area contributed by atoms with Crippen LogP contribution in [0.1, 0.15) is 11.1 Å². The number of hydrogen-bond donors (Lipinski definition) is 0. The van der Waals surface area contributed by atoms with E-state index in [4.69, 9.17) is 4.98 Å². The van der Waals surface area contributed by atoms with Crippen LogP contribution in [0.3, 0.4) is 0 Å². The standard InChI is InChI=1S/C21H19N7O/c1-14-9-19(26-7-8-27(20(29)13-26)15-11-23-25(2)12-15)28-18-6-4-3-5-17(18)24-21(28)16(14)10-22/h3-6,9,11-12H,7-8,13H2,1-2H3. The Kier molecular flexibility index (Phi) is 3.77. The first-order valence-corrected chi connectivity index (χ1v) is 9.41. The van der Waals surface area contributed by atoms with E-state index in [9.17, 15) is 10.1 Å². The number of carbonyl (C=O) groups excluding carboxylic acids is 1. The first kappa shape index (κ1) is 17.3. The van der Waals surface area contributed by atoms with E-state index in [1.54, 1.807) is 15.8 Å². The Hall–Kier alpha value is -3.86. The van der Waals surface area contributed by atoms with Gasteiger partial charge in [0.1, 0.15) is 11.9 Å². The van der Waals surface area contributed by atoms with Crippen molar-refractivity contribution in [3.63, 3.8) is 0 Å². The van der Waals surface area contributed by atoms with Crippen LogP contribution in [0.2, 0.25) is 0 Å². The molecule has 1 saturated heterocycles. The van der Waals surface area contributed by atoms with Crippen LogP contribution >= 0.6 is 0 Å². The van der Waals surface area contributed by atoms with Gasteiger partial charge >= 0.3 is 0 Å². The maximum atomic E-state index is 12.9. The summed E-state index contributed by atoms with van der Waals surface area (Å²) in [6.07, 6.45) is 3.56. The van der Waals surface area contributed by atoms with Gasteiger partial charge in [0.15, 0.2) is 5.65 Å². The lowest BCUT2D eigenvalue weighted by molar-refractivity contribution is -0.117. The summed E-state index contributed by atoms with van der Waals surface area (Å²) >= 11 is 0. The summed E-state index contributed by atoms with van der Waals surface area (Å²) in [6, 6.07) is 12.1. The van der Waals surface area contributed by atoms with Crippen LogP contribution in [0.15, 0.2) is 42.7 Å². The van der Waals surface area contributed by atoms with Gasteiger partial charge in [-0.05, 0) is 30.7 Å². The number of aromatic nitrogens is 4. The number of nitrogens with zero attached hydrogens (tertiary/aromatic N) is 7. The van der Waals surface area contributed by atoms with Gasteiger partial charge in [-0.25, -0.2) is 4.98 Å². The summed E-state index contributed by atoms with van der Waals surface area (Å²) in [5, 5.41) is 13.8. The van der Waals surface area contributed by atoms with Gasteiger partial charge in [-0.2, -0.15) is 10.4 Å². The van der Waals surface area contributed by atoms with Crippen molar-refractivity contribution in [1.29, 1.82) is 5.26 Å². The van der Waals surface area contributed by atoms with Gasteiger partial charge in [0.25, 0.3) is 0 Å². The third-order valence-electron chi connectivity index (χ3n) is 5.41. The normalized spacial score (nSPS) is 14.7. The van der Waals surface area contributed by atoms with Gasteiger partial charge < -0.3 is 9.80 Å². The molecule has 8 nitrogen and oxygen atoms in total. The average molecular weight is 385 g/mol. The predicted octanol–water partition coefficient (Wildman–Crippen LogP) is 2.25. The molecule has 1 fully saturated rings. The molecule has 0 spiro atoms. The Balaban J connectivity index is 1.61. The molecule has 3 aromatic heterocycles. The third-order valence-corrected chi connectivity index (χ3v) is 5.41. The van der Waals surface area contributed by atoms with Crippen LogP contribution in [-0.4, -0.2) is 44.7 Å². The summed E-state index contributed by atoms with van der Waals surface area (Å²) in [4.78, 5) is 21.4. The van der Waals surface area contributed by atoms with Crippen molar-refractivity contribution in [2.45, 2.75) is 6.92 Å². The number of nitriles is 1. The molecule has 144 valence electrons. The van der Waals surface area contributed by atoms with Gasteiger partial charge in [0.2, 0.25) is 5.91 Å². The van der Waals surface area contributed by atoms with Crippen LogP contribution in [-0.2, 0) is 11.8 Å². The fraction of sp³-hybridized carbons (Fsp3) is 0.238. The van der Waals surface area contributed by atoms with Crippen molar-refractivity contribution >= 4 is 34.1 Å². The number of imidazole rings is 1. The Bertz CT molecular complexity index is 1310. The Morgan fingerprint density at radius 3 is 2.76 bits per heavy atom. The zero-order chi connectivity index (χ0) is 20.1. The van der Waals surface area contributed by atoms with Crippen LogP contribution < -0.4 is 9.80 Å². The second-order valence-corrected chi connectivity index (χ2v) is 7.27. The topological polar surface area (TPSA) is 82.5 Å². The number of benzene rings is 1. The smallest absolute Gasteiger partial charge is 0.246 e. The summed E-state index contributed by atoms with van der Waals surface area (Å²) < 4.78 is 3.69. The molecule has 0 atom stereocenters. The molecule has 1 amide bonds. The minimum atomic E-state index is 0.0174. The molecule has 1 aliphatic rings. The van der Waals surface area contributed by atoms with Gasteiger partial charge in [0, 0.05) is 26.3 Å². The minimum absolute atomic E-state index is 0.0174. The van der Waals surface area contributed by atoms with Gasteiger partial charge in [0.05, 0.1) is 35.0 Å². The molecule has 29 heavy (non-hydrogen) atoms. The Morgan fingerprint density at radius 1 is 1.21 bits per heavy atom. The molecular weight excluding hydrogens is 366 g/mol. The SMILES string of the molecule is Cc1cc(N2CCN(c3cnn(C)c3)C(=O)C2)n2c(nc3ccccc32)c1C#N. The first-order valence-electron chi connectivity index (χ1n) is 9.41. The summed E-state index contributed by atoms with van der Waals surface area (Å²) in [5.74, 6) is 0.897. The fourth-order valence-corrected chi connectivity index (χ4v) is 3.99. The summed E-state index contributed by atoms with van der Waals surface area (Å²) in [7, 11) is 1.84. The molecular formula is C21H19N7O. The van der Waals surface area contributed by atoms with Crippen LogP contribution in [0.25, 0.3) is 16.7 Å².